The predicted molar refractivity (Wildman–Crippen MR) is 95.5 cm³/mol. The molecule has 3 rings (SSSR count). The van der Waals surface area contributed by atoms with E-state index in [1.807, 2.05) is 0 Å². The quantitative estimate of drug-likeness (QED) is 0.672. The number of nitrogens with one attached hydrogen (secondary N) is 1. The van der Waals surface area contributed by atoms with Crippen LogP contribution in [0, 0.1) is 5.92 Å². The molecule has 1 fully saturated rings. The molecule has 1 saturated carbocycles. The van der Waals surface area contributed by atoms with Crippen molar-refractivity contribution in [2.75, 3.05) is 6.54 Å². The minimum atomic E-state index is 0.425. The molecule has 2 aromatic carbocycles. The number of rotatable bonds is 5. The molecule has 1 aliphatic carbocycles. The van der Waals surface area contributed by atoms with E-state index in [9.17, 15) is 0 Å². The van der Waals surface area contributed by atoms with Crippen LogP contribution in [0.2, 0.25) is 0 Å². The van der Waals surface area contributed by atoms with E-state index in [-0.39, 0.29) is 0 Å². The lowest BCUT2D eigenvalue weighted by Crippen LogP contribution is -2.23. The summed E-state index contributed by atoms with van der Waals surface area (Å²) in [6, 6.07) is 17.9. The Morgan fingerprint density at radius 1 is 1.10 bits per heavy atom. The Hall–Kier alpha value is -0.640. The van der Waals surface area contributed by atoms with Gasteiger partial charge in [-0.15, -0.1) is 0 Å². The van der Waals surface area contributed by atoms with E-state index in [1.54, 1.807) is 0 Å². The van der Waals surface area contributed by atoms with Gasteiger partial charge in [0, 0.05) is 15.0 Å². The molecule has 0 radical (unpaired) electrons. The lowest BCUT2D eigenvalue weighted by molar-refractivity contribution is 0.487. The van der Waals surface area contributed by atoms with E-state index in [0.29, 0.717) is 17.9 Å². The molecule has 21 heavy (non-hydrogen) atoms. The molecule has 0 aliphatic heterocycles. The molecule has 3 unspecified atom stereocenters. The van der Waals surface area contributed by atoms with Gasteiger partial charge in [-0.25, -0.2) is 0 Å². The van der Waals surface area contributed by atoms with Crippen molar-refractivity contribution in [1.29, 1.82) is 0 Å². The maximum Gasteiger partial charge on any atom is 0.0355 e. The minimum Gasteiger partial charge on any atom is -0.310 e. The van der Waals surface area contributed by atoms with Crippen LogP contribution in [0.1, 0.15) is 36.4 Å². The largest absolute Gasteiger partial charge is 0.310 e. The molecule has 1 nitrogen and oxygen atoms in total. The summed E-state index contributed by atoms with van der Waals surface area (Å²) in [5.41, 5.74) is 2.83. The summed E-state index contributed by atoms with van der Waals surface area (Å²) >= 11 is 7.21. The van der Waals surface area contributed by atoms with Gasteiger partial charge in [0.2, 0.25) is 0 Å². The molecule has 3 atom stereocenters. The molecule has 0 amide bonds. The van der Waals surface area contributed by atoms with Crippen LogP contribution in [0.25, 0.3) is 0 Å². The lowest BCUT2D eigenvalue weighted by Gasteiger charge is -2.19. The van der Waals surface area contributed by atoms with Crippen LogP contribution >= 0.6 is 31.9 Å². The third-order valence-corrected chi connectivity index (χ3v) is 5.08. The highest BCUT2D eigenvalue weighted by molar-refractivity contribution is 9.11. The molecule has 1 aliphatic rings. The van der Waals surface area contributed by atoms with Gasteiger partial charge < -0.3 is 5.32 Å². The third-order valence-electron chi connectivity index (χ3n) is 4.16. The highest BCUT2D eigenvalue weighted by atomic mass is 79.9. The first-order valence-corrected chi connectivity index (χ1v) is 9.02. The Kier molecular flexibility index (Phi) is 4.82. The Morgan fingerprint density at radius 2 is 1.76 bits per heavy atom. The second-order valence-corrected chi connectivity index (χ2v) is 7.49. The van der Waals surface area contributed by atoms with E-state index >= 15 is 0 Å². The molecule has 2 aromatic rings. The number of halogens is 2. The molecule has 110 valence electrons. The Labute approximate surface area is 143 Å². The summed E-state index contributed by atoms with van der Waals surface area (Å²) < 4.78 is 2.26. The van der Waals surface area contributed by atoms with Crippen LogP contribution in [0.4, 0.5) is 0 Å². The highest BCUT2D eigenvalue weighted by Gasteiger charge is 2.44. The number of hydrogen-bond acceptors (Lipinski definition) is 1. The van der Waals surface area contributed by atoms with E-state index < -0.39 is 0 Å². The summed E-state index contributed by atoms with van der Waals surface area (Å²) in [5.74, 6) is 1.38. The SMILES string of the molecule is CCNC(c1cc(Br)cc(Br)c1)C1CC1c1ccccc1. The van der Waals surface area contributed by atoms with Crippen molar-refractivity contribution in [3.63, 3.8) is 0 Å². The van der Waals surface area contributed by atoms with Crippen LogP contribution in [-0.4, -0.2) is 6.54 Å². The van der Waals surface area contributed by atoms with Gasteiger partial charge in [0.1, 0.15) is 0 Å². The molecular weight excluding hydrogens is 390 g/mol. The summed E-state index contributed by atoms with van der Waals surface area (Å²) in [6.07, 6.45) is 1.27. The second-order valence-electron chi connectivity index (χ2n) is 5.65. The average molecular weight is 409 g/mol. The van der Waals surface area contributed by atoms with E-state index in [0.717, 1.165) is 15.5 Å². The fourth-order valence-electron chi connectivity index (χ4n) is 3.16. The molecule has 0 spiro atoms. The molecule has 0 bridgehead atoms. The minimum absolute atomic E-state index is 0.425. The normalized spacial score (nSPS) is 22.0. The molecule has 3 heteroatoms. The predicted octanol–water partition coefficient (Wildman–Crippen LogP) is 5.67. The maximum atomic E-state index is 3.67. The first kappa shape index (κ1) is 15.3. The van der Waals surface area contributed by atoms with Gasteiger partial charge in [-0.2, -0.15) is 0 Å². The zero-order valence-electron chi connectivity index (χ0n) is 12.0. The van der Waals surface area contributed by atoms with E-state index in [4.69, 9.17) is 0 Å². The number of benzene rings is 2. The summed E-state index contributed by atoms with van der Waals surface area (Å²) in [4.78, 5) is 0. The van der Waals surface area contributed by atoms with Gasteiger partial charge in [-0.05, 0) is 54.1 Å². The van der Waals surface area contributed by atoms with Crippen molar-refractivity contribution in [2.45, 2.75) is 25.3 Å². The zero-order chi connectivity index (χ0) is 14.8. The van der Waals surface area contributed by atoms with Gasteiger partial charge in [0.05, 0.1) is 0 Å². The fourth-order valence-corrected chi connectivity index (χ4v) is 4.49. The van der Waals surface area contributed by atoms with Crippen molar-refractivity contribution in [3.05, 3.63) is 68.6 Å². The van der Waals surface area contributed by atoms with Gasteiger partial charge >= 0.3 is 0 Å². The summed E-state index contributed by atoms with van der Waals surface area (Å²) in [5, 5.41) is 3.67. The van der Waals surface area contributed by atoms with Crippen molar-refractivity contribution >= 4 is 31.9 Å². The van der Waals surface area contributed by atoms with Crippen molar-refractivity contribution < 1.29 is 0 Å². The first-order valence-electron chi connectivity index (χ1n) is 7.43. The van der Waals surface area contributed by atoms with Crippen molar-refractivity contribution in [3.8, 4) is 0 Å². The molecule has 0 heterocycles. The topological polar surface area (TPSA) is 12.0 Å². The monoisotopic (exact) mass is 407 g/mol. The van der Waals surface area contributed by atoms with Crippen LogP contribution in [0.5, 0.6) is 0 Å². The maximum absolute atomic E-state index is 3.67. The molecule has 0 aromatic heterocycles. The van der Waals surface area contributed by atoms with Gasteiger partial charge in [0.25, 0.3) is 0 Å². The van der Waals surface area contributed by atoms with E-state index in [2.05, 4.69) is 92.6 Å². The fraction of sp³-hybridized carbons (Fsp3) is 0.333. The second kappa shape index (κ2) is 6.64. The van der Waals surface area contributed by atoms with Crippen LogP contribution in [0.3, 0.4) is 0 Å². The van der Waals surface area contributed by atoms with Gasteiger partial charge in [0.15, 0.2) is 0 Å². The Balaban J connectivity index is 1.83. The Morgan fingerprint density at radius 3 is 2.38 bits per heavy atom. The molecular formula is C18H19Br2N. The van der Waals surface area contributed by atoms with Crippen LogP contribution in [0.15, 0.2) is 57.5 Å². The first-order chi connectivity index (χ1) is 10.2. The van der Waals surface area contributed by atoms with Crippen molar-refractivity contribution in [1.82, 2.24) is 5.32 Å². The number of hydrogen-bond donors (Lipinski definition) is 1. The highest BCUT2D eigenvalue weighted by Crippen LogP contribution is 2.54. The Bertz CT molecular complexity index is 592. The third kappa shape index (κ3) is 3.58. The van der Waals surface area contributed by atoms with Gasteiger partial charge in [-0.1, -0.05) is 69.1 Å². The van der Waals surface area contributed by atoms with E-state index in [1.165, 1.54) is 17.5 Å². The van der Waals surface area contributed by atoms with Crippen LogP contribution < -0.4 is 5.32 Å². The lowest BCUT2D eigenvalue weighted by atomic mass is 9.98. The van der Waals surface area contributed by atoms with Crippen LogP contribution in [-0.2, 0) is 0 Å². The molecule has 0 saturated heterocycles. The smallest absolute Gasteiger partial charge is 0.0355 e. The van der Waals surface area contributed by atoms with Crippen molar-refractivity contribution in [2.24, 2.45) is 5.92 Å². The van der Waals surface area contributed by atoms with Gasteiger partial charge in [-0.3, -0.25) is 0 Å². The molecule has 1 N–H and O–H groups in total. The standard InChI is InChI=1S/C18H19Br2N/c1-2-21-18(13-8-14(19)10-15(20)9-13)17-11-16(17)12-6-4-3-5-7-12/h3-10,16-18,21H,2,11H2,1H3. The average Bonchev–Trinajstić information content (AvgIpc) is 3.25. The zero-order valence-corrected chi connectivity index (χ0v) is 15.2. The summed E-state index contributed by atoms with van der Waals surface area (Å²) in [6.45, 7) is 3.17. The summed E-state index contributed by atoms with van der Waals surface area (Å²) in [7, 11) is 0.